The van der Waals surface area contributed by atoms with Crippen molar-refractivity contribution in [3.63, 3.8) is 0 Å². The number of nitrogens with zero attached hydrogens (tertiary/aromatic N) is 1. The Bertz CT molecular complexity index is 488. The van der Waals surface area contributed by atoms with Crippen LogP contribution >= 0.6 is 0 Å². The van der Waals surface area contributed by atoms with Gasteiger partial charge in [-0.05, 0) is 18.9 Å². The van der Waals surface area contributed by atoms with Crippen molar-refractivity contribution in [3.8, 4) is 11.8 Å². The van der Waals surface area contributed by atoms with Gasteiger partial charge in [0, 0.05) is 0 Å². The van der Waals surface area contributed by atoms with E-state index in [4.69, 9.17) is 0 Å². The van der Waals surface area contributed by atoms with E-state index in [1.165, 1.54) is 6.07 Å². The molecule has 0 saturated carbocycles. The van der Waals surface area contributed by atoms with Gasteiger partial charge in [-0.2, -0.15) is 0 Å². The lowest BCUT2D eigenvalue weighted by Gasteiger charge is -1.95. The summed E-state index contributed by atoms with van der Waals surface area (Å²) >= 11 is 0. The lowest BCUT2D eigenvalue weighted by atomic mass is 10.2. The highest BCUT2D eigenvalue weighted by Crippen LogP contribution is 2.04. The second-order valence-corrected chi connectivity index (χ2v) is 2.99. The molecular formula is C12H10FNO3. The van der Waals surface area contributed by atoms with Crippen LogP contribution in [0.3, 0.4) is 0 Å². The van der Waals surface area contributed by atoms with Crippen LogP contribution in [0.25, 0.3) is 0 Å². The standard InChI is InChI=1S/C12H10FNO3/c1-2-17-12(16)5-3-4-10-6-9(8-15)11(13)7-14-10/h6-8H,2,5H2,1H3. The molecule has 0 aliphatic heterocycles. The van der Waals surface area contributed by atoms with Gasteiger partial charge in [0.15, 0.2) is 12.1 Å². The number of aldehydes is 1. The fraction of sp³-hybridized carbons (Fsp3) is 0.250. The van der Waals surface area contributed by atoms with Gasteiger partial charge in [0.2, 0.25) is 0 Å². The average Bonchev–Trinajstić information content (AvgIpc) is 2.31. The van der Waals surface area contributed by atoms with E-state index in [9.17, 15) is 14.0 Å². The molecule has 0 spiro atoms. The number of ether oxygens (including phenoxy) is 1. The Kier molecular flexibility index (Phi) is 4.82. The van der Waals surface area contributed by atoms with Crippen LogP contribution in [0.15, 0.2) is 12.3 Å². The molecule has 1 heterocycles. The molecule has 0 aromatic carbocycles. The third kappa shape index (κ3) is 4.03. The summed E-state index contributed by atoms with van der Waals surface area (Å²) in [6.45, 7) is 1.99. The molecule has 1 rings (SSSR count). The van der Waals surface area contributed by atoms with Gasteiger partial charge in [0.1, 0.15) is 12.1 Å². The van der Waals surface area contributed by atoms with Crippen LogP contribution in [0.2, 0.25) is 0 Å². The highest BCUT2D eigenvalue weighted by atomic mass is 19.1. The minimum absolute atomic E-state index is 0.0662. The maximum atomic E-state index is 12.9. The smallest absolute Gasteiger partial charge is 0.317 e. The molecule has 88 valence electrons. The Morgan fingerprint density at radius 2 is 2.41 bits per heavy atom. The van der Waals surface area contributed by atoms with Gasteiger partial charge in [0.25, 0.3) is 0 Å². The van der Waals surface area contributed by atoms with Crippen LogP contribution in [0, 0.1) is 17.7 Å². The number of carbonyl (C=O) groups is 2. The fourth-order valence-corrected chi connectivity index (χ4v) is 1.03. The van der Waals surface area contributed by atoms with Gasteiger partial charge in [-0.3, -0.25) is 9.59 Å². The first kappa shape index (κ1) is 12.8. The second kappa shape index (κ2) is 6.38. The summed E-state index contributed by atoms with van der Waals surface area (Å²) in [6.07, 6.45) is 1.23. The van der Waals surface area contributed by atoms with Gasteiger partial charge in [-0.15, -0.1) is 0 Å². The maximum absolute atomic E-state index is 12.9. The minimum Gasteiger partial charge on any atom is -0.465 e. The predicted molar refractivity (Wildman–Crippen MR) is 57.7 cm³/mol. The number of carbonyl (C=O) groups excluding carboxylic acids is 2. The Morgan fingerprint density at radius 1 is 1.65 bits per heavy atom. The molecule has 1 aromatic rings. The van der Waals surface area contributed by atoms with E-state index in [1.807, 2.05) is 0 Å². The second-order valence-electron chi connectivity index (χ2n) is 2.99. The molecule has 0 saturated heterocycles. The van der Waals surface area contributed by atoms with Gasteiger partial charge < -0.3 is 4.74 Å². The summed E-state index contributed by atoms with van der Waals surface area (Å²) < 4.78 is 17.6. The first-order chi connectivity index (χ1) is 8.17. The SMILES string of the molecule is CCOC(=O)CC#Cc1cc(C=O)c(F)cn1. The Balaban J connectivity index is 2.72. The molecule has 0 N–H and O–H groups in total. The zero-order valence-electron chi connectivity index (χ0n) is 9.20. The van der Waals surface area contributed by atoms with Gasteiger partial charge >= 0.3 is 5.97 Å². The first-order valence-electron chi connectivity index (χ1n) is 4.92. The van der Waals surface area contributed by atoms with Crippen LogP contribution in [0.4, 0.5) is 4.39 Å². The van der Waals surface area contributed by atoms with E-state index in [0.717, 1.165) is 6.20 Å². The van der Waals surface area contributed by atoms with E-state index < -0.39 is 11.8 Å². The van der Waals surface area contributed by atoms with Gasteiger partial charge in [-0.25, -0.2) is 9.37 Å². The highest BCUT2D eigenvalue weighted by molar-refractivity contribution is 5.75. The number of halogens is 1. The van der Waals surface area contributed by atoms with Crippen molar-refractivity contribution < 1.29 is 18.7 Å². The molecule has 0 aliphatic carbocycles. The van der Waals surface area contributed by atoms with Crippen molar-refractivity contribution in [1.29, 1.82) is 0 Å². The molecule has 0 radical (unpaired) electrons. The summed E-state index contributed by atoms with van der Waals surface area (Å²) in [6, 6.07) is 1.22. The molecule has 0 atom stereocenters. The molecule has 4 nitrogen and oxygen atoms in total. The zero-order chi connectivity index (χ0) is 12.7. The molecule has 0 fully saturated rings. The van der Waals surface area contributed by atoms with Crippen molar-refractivity contribution in [1.82, 2.24) is 4.98 Å². The van der Waals surface area contributed by atoms with Crippen LogP contribution < -0.4 is 0 Å². The van der Waals surface area contributed by atoms with Crippen LogP contribution in [-0.2, 0) is 9.53 Å². The quantitative estimate of drug-likeness (QED) is 0.450. The van der Waals surface area contributed by atoms with E-state index in [2.05, 4.69) is 21.6 Å². The fourth-order valence-electron chi connectivity index (χ4n) is 1.03. The van der Waals surface area contributed by atoms with E-state index >= 15 is 0 Å². The highest BCUT2D eigenvalue weighted by Gasteiger charge is 2.02. The van der Waals surface area contributed by atoms with Crippen molar-refractivity contribution in [2.24, 2.45) is 0 Å². The van der Waals surface area contributed by atoms with Crippen molar-refractivity contribution in [3.05, 3.63) is 29.3 Å². The summed E-state index contributed by atoms with van der Waals surface area (Å²) in [4.78, 5) is 25.1. The molecule has 1 aromatic heterocycles. The van der Waals surface area contributed by atoms with Crippen molar-refractivity contribution in [2.45, 2.75) is 13.3 Å². The number of rotatable bonds is 3. The van der Waals surface area contributed by atoms with Gasteiger partial charge in [-0.1, -0.05) is 5.92 Å². The molecule has 0 unspecified atom stereocenters. The largest absolute Gasteiger partial charge is 0.465 e. The summed E-state index contributed by atoms with van der Waals surface area (Å²) in [5.41, 5.74) is 0.123. The molecule has 17 heavy (non-hydrogen) atoms. The van der Waals surface area contributed by atoms with Gasteiger partial charge in [0.05, 0.1) is 18.4 Å². The summed E-state index contributed by atoms with van der Waals surface area (Å²) in [7, 11) is 0. The number of esters is 1. The third-order valence-corrected chi connectivity index (χ3v) is 1.77. The molecule has 0 amide bonds. The van der Waals surface area contributed by atoms with E-state index in [0.29, 0.717) is 12.9 Å². The first-order valence-corrected chi connectivity index (χ1v) is 4.92. The normalized spacial score (nSPS) is 9.06. The maximum Gasteiger partial charge on any atom is 0.317 e. The minimum atomic E-state index is -0.698. The lowest BCUT2D eigenvalue weighted by Crippen LogP contribution is -2.01. The molecule has 0 bridgehead atoms. The number of hydrogen-bond donors (Lipinski definition) is 0. The number of hydrogen-bond acceptors (Lipinski definition) is 4. The molecule has 5 heteroatoms. The zero-order valence-corrected chi connectivity index (χ0v) is 9.20. The number of aromatic nitrogens is 1. The summed E-state index contributed by atoms with van der Waals surface area (Å²) in [5.74, 6) is 3.95. The van der Waals surface area contributed by atoms with Crippen LogP contribution in [0.5, 0.6) is 0 Å². The van der Waals surface area contributed by atoms with Crippen molar-refractivity contribution in [2.75, 3.05) is 6.61 Å². The van der Waals surface area contributed by atoms with E-state index in [1.54, 1.807) is 6.92 Å². The topological polar surface area (TPSA) is 56.3 Å². The van der Waals surface area contributed by atoms with E-state index in [-0.39, 0.29) is 17.7 Å². The molecule has 0 aliphatic rings. The Hall–Kier alpha value is -2.22. The Labute approximate surface area is 97.8 Å². The lowest BCUT2D eigenvalue weighted by molar-refractivity contribution is -0.141. The number of pyridine rings is 1. The van der Waals surface area contributed by atoms with Crippen LogP contribution in [0.1, 0.15) is 29.4 Å². The predicted octanol–water partition coefficient (Wildman–Crippen LogP) is 1.34. The average molecular weight is 235 g/mol. The van der Waals surface area contributed by atoms with Crippen molar-refractivity contribution >= 4 is 12.3 Å². The Morgan fingerprint density at radius 3 is 3.06 bits per heavy atom. The molecular weight excluding hydrogens is 225 g/mol. The van der Waals surface area contributed by atoms with Crippen LogP contribution in [-0.4, -0.2) is 23.8 Å². The summed E-state index contributed by atoms with van der Waals surface area (Å²) in [5, 5.41) is 0. The monoisotopic (exact) mass is 235 g/mol. The third-order valence-electron chi connectivity index (χ3n) is 1.77.